The van der Waals surface area contributed by atoms with E-state index in [0.29, 0.717) is 11.5 Å². The maximum absolute atomic E-state index is 3.85. The first-order chi connectivity index (χ1) is 9.28. The fourth-order valence-corrected chi connectivity index (χ4v) is 4.62. The molecular formula is C16H33N3S. The van der Waals surface area contributed by atoms with Gasteiger partial charge in [-0.05, 0) is 38.5 Å². The molecule has 2 heterocycles. The summed E-state index contributed by atoms with van der Waals surface area (Å²) in [4.78, 5) is 5.08. The summed E-state index contributed by atoms with van der Waals surface area (Å²) < 4.78 is 0. The van der Waals surface area contributed by atoms with Crippen LogP contribution in [0.2, 0.25) is 0 Å². The van der Waals surface area contributed by atoms with E-state index in [0.717, 1.165) is 6.54 Å². The highest BCUT2D eigenvalue weighted by atomic mass is 32.2. The molecule has 0 saturated carbocycles. The van der Waals surface area contributed by atoms with Crippen molar-refractivity contribution in [1.29, 1.82) is 0 Å². The molecule has 1 N–H and O–H groups in total. The summed E-state index contributed by atoms with van der Waals surface area (Å²) >= 11 is 2.11. The molecule has 0 aromatic rings. The minimum Gasteiger partial charge on any atom is -0.311 e. The largest absolute Gasteiger partial charge is 0.311 e. The van der Waals surface area contributed by atoms with Crippen LogP contribution in [-0.4, -0.2) is 72.7 Å². The fraction of sp³-hybridized carbons (Fsp3) is 1.00. The lowest BCUT2D eigenvalue weighted by Crippen LogP contribution is -2.58. The molecule has 0 aromatic heterocycles. The second kappa shape index (κ2) is 6.55. The fourth-order valence-electron chi connectivity index (χ4n) is 3.31. The normalized spacial score (nSPS) is 29.6. The third-order valence-electron chi connectivity index (χ3n) is 4.79. The second-order valence-electron chi connectivity index (χ2n) is 8.06. The van der Waals surface area contributed by atoms with Crippen molar-refractivity contribution in [1.82, 2.24) is 15.1 Å². The highest BCUT2D eigenvalue weighted by Crippen LogP contribution is 2.33. The number of piperazine rings is 1. The predicted octanol–water partition coefficient (Wildman–Crippen LogP) is 2.13. The van der Waals surface area contributed by atoms with Gasteiger partial charge in [0, 0.05) is 50.1 Å². The molecule has 2 fully saturated rings. The van der Waals surface area contributed by atoms with Gasteiger partial charge in [0.1, 0.15) is 0 Å². The minimum atomic E-state index is 0.271. The van der Waals surface area contributed by atoms with E-state index in [1.807, 2.05) is 0 Å². The van der Waals surface area contributed by atoms with E-state index in [1.54, 1.807) is 0 Å². The molecule has 20 heavy (non-hydrogen) atoms. The van der Waals surface area contributed by atoms with E-state index in [-0.39, 0.29) is 5.54 Å². The van der Waals surface area contributed by atoms with E-state index in [2.05, 4.69) is 61.6 Å². The van der Waals surface area contributed by atoms with Crippen molar-refractivity contribution in [3.63, 3.8) is 0 Å². The summed E-state index contributed by atoms with van der Waals surface area (Å²) in [5, 5.41) is 3.85. The molecule has 0 bridgehead atoms. The van der Waals surface area contributed by atoms with E-state index >= 15 is 0 Å². The van der Waals surface area contributed by atoms with Crippen molar-refractivity contribution in [2.24, 2.45) is 5.41 Å². The molecule has 0 radical (unpaired) electrons. The summed E-state index contributed by atoms with van der Waals surface area (Å²) in [6.45, 7) is 15.5. The molecule has 4 heteroatoms. The van der Waals surface area contributed by atoms with Crippen LogP contribution in [0.4, 0.5) is 0 Å². The third-order valence-corrected chi connectivity index (χ3v) is 6.42. The Kier molecular flexibility index (Phi) is 5.44. The van der Waals surface area contributed by atoms with Gasteiger partial charge in [0.2, 0.25) is 0 Å². The van der Waals surface area contributed by atoms with Crippen LogP contribution >= 0.6 is 11.8 Å². The molecule has 0 amide bonds. The van der Waals surface area contributed by atoms with Crippen molar-refractivity contribution in [3.8, 4) is 0 Å². The molecule has 1 unspecified atom stereocenters. The Balaban J connectivity index is 1.79. The first kappa shape index (κ1) is 16.6. The number of nitrogens with zero attached hydrogens (tertiary/aromatic N) is 2. The van der Waals surface area contributed by atoms with Crippen LogP contribution in [0.1, 0.15) is 34.1 Å². The summed E-state index contributed by atoms with van der Waals surface area (Å²) in [7, 11) is 2.23. The van der Waals surface area contributed by atoms with Crippen molar-refractivity contribution in [2.75, 3.05) is 51.3 Å². The van der Waals surface area contributed by atoms with Gasteiger partial charge in [0.05, 0.1) is 0 Å². The minimum absolute atomic E-state index is 0.271. The molecule has 0 aromatic carbocycles. The van der Waals surface area contributed by atoms with E-state index in [4.69, 9.17) is 0 Å². The van der Waals surface area contributed by atoms with Crippen molar-refractivity contribution in [2.45, 2.75) is 45.7 Å². The third kappa shape index (κ3) is 4.62. The number of thioether (sulfide) groups is 1. The van der Waals surface area contributed by atoms with Crippen molar-refractivity contribution in [3.05, 3.63) is 0 Å². The summed E-state index contributed by atoms with van der Waals surface area (Å²) in [6.07, 6.45) is 1.32. The van der Waals surface area contributed by atoms with Gasteiger partial charge in [-0.3, -0.25) is 4.90 Å². The molecule has 0 aliphatic carbocycles. The lowest BCUT2D eigenvalue weighted by atomic mass is 9.87. The predicted molar refractivity (Wildman–Crippen MR) is 90.7 cm³/mol. The quantitative estimate of drug-likeness (QED) is 0.857. The Hall–Kier alpha value is 0.230. The average molecular weight is 300 g/mol. The number of nitrogens with one attached hydrogen (secondary N) is 1. The summed E-state index contributed by atoms with van der Waals surface area (Å²) in [6, 6.07) is 0.690. The molecule has 118 valence electrons. The molecular weight excluding hydrogens is 266 g/mol. The van der Waals surface area contributed by atoms with Gasteiger partial charge in [-0.1, -0.05) is 13.8 Å². The lowest BCUT2D eigenvalue weighted by Gasteiger charge is -2.44. The molecule has 2 aliphatic rings. The maximum Gasteiger partial charge on any atom is 0.0278 e. The molecule has 1 atom stereocenters. The van der Waals surface area contributed by atoms with Crippen molar-refractivity contribution >= 4 is 11.8 Å². The Labute approximate surface area is 129 Å². The highest BCUT2D eigenvalue weighted by Gasteiger charge is 2.32. The van der Waals surface area contributed by atoms with Crippen LogP contribution < -0.4 is 5.32 Å². The Bertz CT molecular complexity index is 309. The molecule has 2 aliphatic heterocycles. The van der Waals surface area contributed by atoms with Crippen LogP contribution in [-0.2, 0) is 0 Å². The first-order valence-corrected chi connectivity index (χ1v) is 9.19. The highest BCUT2D eigenvalue weighted by molar-refractivity contribution is 7.99. The lowest BCUT2D eigenvalue weighted by molar-refractivity contribution is 0.0595. The number of likely N-dealkylation sites (N-methyl/N-ethyl adjacent to an activating group) is 1. The van der Waals surface area contributed by atoms with Gasteiger partial charge in [0.15, 0.2) is 0 Å². The van der Waals surface area contributed by atoms with Crippen LogP contribution in [0, 0.1) is 5.41 Å². The maximum atomic E-state index is 3.85. The van der Waals surface area contributed by atoms with Gasteiger partial charge < -0.3 is 10.2 Å². The Morgan fingerprint density at radius 2 is 1.85 bits per heavy atom. The zero-order chi connectivity index (χ0) is 14.8. The van der Waals surface area contributed by atoms with Crippen LogP contribution in [0.5, 0.6) is 0 Å². The van der Waals surface area contributed by atoms with Gasteiger partial charge >= 0.3 is 0 Å². The zero-order valence-electron chi connectivity index (χ0n) is 14.0. The summed E-state index contributed by atoms with van der Waals surface area (Å²) in [5.74, 6) is 2.59. The number of rotatable bonds is 4. The van der Waals surface area contributed by atoms with E-state index < -0.39 is 0 Å². The first-order valence-electron chi connectivity index (χ1n) is 8.03. The zero-order valence-corrected chi connectivity index (χ0v) is 14.9. The van der Waals surface area contributed by atoms with Crippen LogP contribution in [0.15, 0.2) is 0 Å². The van der Waals surface area contributed by atoms with Crippen molar-refractivity contribution < 1.29 is 0 Å². The molecule has 3 nitrogen and oxygen atoms in total. The van der Waals surface area contributed by atoms with Gasteiger partial charge in [-0.2, -0.15) is 11.8 Å². The Morgan fingerprint density at radius 3 is 2.45 bits per heavy atom. The standard InChI is InChI=1S/C16H33N3S/c1-15(2)10-14(11-20-13-15)17-12-16(3,4)19-8-6-18(5)7-9-19/h14,17H,6-13H2,1-5H3. The van der Waals surface area contributed by atoms with Crippen LogP contribution in [0.25, 0.3) is 0 Å². The van der Waals surface area contributed by atoms with Gasteiger partial charge in [-0.25, -0.2) is 0 Å². The molecule has 2 rings (SSSR count). The summed E-state index contributed by atoms with van der Waals surface area (Å²) in [5.41, 5.74) is 0.770. The van der Waals surface area contributed by atoms with E-state index in [9.17, 15) is 0 Å². The van der Waals surface area contributed by atoms with E-state index in [1.165, 1.54) is 44.1 Å². The number of hydrogen-bond donors (Lipinski definition) is 1. The topological polar surface area (TPSA) is 18.5 Å². The molecule has 2 saturated heterocycles. The second-order valence-corrected chi connectivity index (χ2v) is 9.09. The molecule has 0 spiro atoms. The average Bonchev–Trinajstić information content (AvgIpc) is 2.36. The van der Waals surface area contributed by atoms with Gasteiger partial charge in [-0.15, -0.1) is 0 Å². The monoisotopic (exact) mass is 299 g/mol. The van der Waals surface area contributed by atoms with Crippen LogP contribution in [0.3, 0.4) is 0 Å². The number of hydrogen-bond acceptors (Lipinski definition) is 4. The smallest absolute Gasteiger partial charge is 0.0278 e. The van der Waals surface area contributed by atoms with Gasteiger partial charge in [0.25, 0.3) is 0 Å². The Morgan fingerprint density at radius 1 is 1.20 bits per heavy atom. The SMILES string of the molecule is CN1CCN(C(C)(C)CNC2CSCC(C)(C)C2)CC1.